The SMILES string of the molecule is [2H]C([2H])([2H])C([2H])([2H])OC(=O)N1c2ccc(C(F)(F)F)cc2[C@@H](NC(=O)OCc2ccccc2)C[C@H]1CC. The van der Waals surface area contributed by atoms with Gasteiger partial charge in [-0.15, -0.1) is 0 Å². The van der Waals surface area contributed by atoms with Crippen LogP contribution in [-0.2, 0) is 22.3 Å². The number of alkyl carbamates (subject to hydrolysis) is 1. The normalized spacial score (nSPS) is 21.1. The molecule has 6 nitrogen and oxygen atoms in total. The zero-order chi connectivity index (χ0) is 27.6. The van der Waals surface area contributed by atoms with Crippen LogP contribution < -0.4 is 10.2 Å². The fraction of sp³-hybridized carbons (Fsp3) is 0.391. The highest BCUT2D eigenvalue weighted by molar-refractivity contribution is 5.90. The fourth-order valence-electron chi connectivity index (χ4n) is 3.66. The van der Waals surface area contributed by atoms with Crippen LogP contribution in [0.1, 0.15) is 56.2 Å². The third-order valence-electron chi connectivity index (χ3n) is 5.17. The number of rotatable bonds is 5. The summed E-state index contributed by atoms with van der Waals surface area (Å²) in [4.78, 5) is 26.4. The highest BCUT2D eigenvalue weighted by Gasteiger charge is 2.39. The van der Waals surface area contributed by atoms with Gasteiger partial charge in [0.15, 0.2) is 0 Å². The Hall–Kier alpha value is -3.23. The Morgan fingerprint density at radius 1 is 1.22 bits per heavy atom. The summed E-state index contributed by atoms with van der Waals surface area (Å²) < 4.78 is 87.3. The minimum absolute atomic E-state index is 0.0584. The fourth-order valence-corrected chi connectivity index (χ4v) is 3.66. The van der Waals surface area contributed by atoms with Gasteiger partial charge in [-0.25, -0.2) is 9.59 Å². The first-order valence-corrected chi connectivity index (χ1v) is 9.84. The lowest BCUT2D eigenvalue weighted by Gasteiger charge is -2.40. The van der Waals surface area contributed by atoms with Gasteiger partial charge in [0.05, 0.1) is 26.6 Å². The first-order chi connectivity index (χ1) is 17.1. The molecule has 1 heterocycles. The molecule has 1 aliphatic heterocycles. The maximum absolute atomic E-state index is 13.5. The highest BCUT2D eigenvalue weighted by atomic mass is 19.4. The van der Waals surface area contributed by atoms with Gasteiger partial charge in [0.1, 0.15) is 6.61 Å². The number of hydrogen-bond acceptors (Lipinski definition) is 4. The molecule has 0 unspecified atom stereocenters. The Kier molecular flexibility index (Phi) is 5.38. The average Bonchev–Trinajstić information content (AvgIpc) is 2.81. The topological polar surface area (TPSA) is 67.9 Å². The van der Waals surface area contributed by atoms with Crippen LogP contribution in [0.5, 0.6) is 0 Å². The number of ether oxygens (including phenoxy) is 2. The standard InChI is InChI=1S/C23H25F3N2O4/c1-3-17-13-19(27-21(29)32-14-15-8-6-5-7-9-15)18-12-16(23(24,25)26)10-11-20(18)28(17)22(30)31-4-2/h5-12,17,19H,3-4,13-14H2,1-2H3,(H,27,29)/t17-,19+/m1/s1/i2D3,4D2. The Bertz CT molecular complexity index is 1130. The molecule has 2 aromatic carbocycles. The molecule has 0 saturated carbocycles. The molecule has 0 bridgehead atoms. The summed E-state index contributed by atoms with van der Waals surface area (Å²) in [6.45, 7) is -5.04. The van der Waals surface area contributed by atoms with Gasteiger partial charge < -0.3 is 14.8 Å². The first-order valence-electron chi connectivity index (χ1n) is 12.3. The molecule has 0 spiro atoms. The molecule has 1 N–H and O–H groups in total. The molecule has 0 aromatic heterocycles. The first kappa shape index (κ1) is 17.3. The molecule has 0 radical (unpaired) electrons. The zero-order valence-corrected chi connectivity index (χ0v) is 17.1. The number of fused-ring (bicyclic) bond motifs is 1. The summed E-state index contributed by atoms with van der Waals surface area (Å²) in [7, 11) is 0. The van der Waals surface area contributed by atoms with E-state index in [4.69, 9.17) is 11.6 Å². The van der Waals surface area contributed by atoms with Gasteiger partial charge in [-0.2, -0.15) is 13.2 Å². The number of carbonyl (C=O) groups excluding carboxylic acids is 2. The van der Waals surface area contributed by atoms with Crippen LogP contribution >= 0.6 is 0 Å². The van der Waals surface area contributed by atoms with E-state index in [1.54, 1.807) is 37.3 Å². The van der Waals surface area contributed by atoms with Gasteiger partial charge in [0.25, 0.3) is 0 Å². The molecule has 3 rings (SSSR count). The monoisotopic (exact) mass is 455 g/mol. The lowest BCUT2D eigenvalue weighted by molar-refractivity contribution is -0.137. The number of hydrogen-bond donors (Lipinski definition) is 1. The molecule has 0 fully saturated rings. The van der Waals surface area contributed by atoms with Crippen molar-refractivity contribution in [1.82, 2.24) is 5.32 Å². The molecule has 2 atom stereocenters. The number of nitrogens with one attached hydrogen (secondary N) is 1. The molecule has 172 valence electrons. The van der Waals surface area contributed by atoms with E-state index in [1.807, 2.05) is 0 Å². The van der Waals surface area contributed by atoms with E-state index in [0.717, 1.165) is 23.1 Å². The van der Waals surface area contributed by atoms with Gasteiger partial charge in [-0.05, 0) is 49.0 Å². The van der Waals surface area contributed by atoms with Gasteiger partial charge in [0.2, 0.25) is 0 Å². The number of anilines is 1. The van der Waals surface area contributed by atoms with Crippen molar-refractivity contribution in [2.75, 3.05) is 11.5 Å². The van der Waals surface area contributed by atoms with Crippen LogP contribution in [0.15, 0.2) is 48.5 Å². The zero-order valence-electron chi connectivity index (χ0n) is 22.1. The number of nitrogens with zero attached hydrogens (tertiary/aromatic N) is 1. The van der Waals surface area contributed by atoms with Crippen molar-refractivity contribution in [3.05, 3.63) is 65.2 Å². The van der Waals surface area contributed by atoms with E-state index in [9.17, 15) is 22.8 Å². The Labute approximate surface area is 191 Å². The lowest BCUT2D eigenvalue weighted by atomic mass is 9.89. The van der Waals surface area contributed by atoms with E-state index in [2.05, 4.69) is 10.1 Å². The number of carbonyl (C=O) groups is 2. The largest absolute Gasteiger partial charge is 0.449 e. The molecular formula is C23H25F3N2O4. The summed E-state index contributed by atoms with van der Waals surface area (Å²) in [6.07, 6.45) is -6.80. The van der Waals surface area contributed by atoms with Crippen LogP contribution in [0.3, 0.4) is 0 Å². The molecular weight excluding hydrogens is 425 g/mol. The predicted molar refractivity (Wildman–Crippen MR) is 112 cm³/mol. The van der Waals surface area contributed by atoms with Crippen LogP contribution in [0.2, 0.25) is 0 Å². The van der Waals surface area contributed by atoms with Gasteiger partial charge in [0, 0.05) is 10.2 Å². The summed E-state index contributed by atoms with van der Waals surface area (Å²) in [5.74, 6) is 0. The predicted octanol–water partition coefficient (Wildman–Crippen LogP) is 5.82. The lowest BCUT2D eigenvalue weighted by Crippen LogP contribution is -2.47. The quantitative estimate of drug-likeness (QED) is 0.617. The summed E-state index contributed by atoms with van der Waals surface area (Å²) in [5, 5.41) is 2.55. The van der Waals surface area contributed by atoms with Gasteiger partial charge in [-0.3, -0.25) is 4.90 Å². The van der Waals surface area contributed by atoms with E-state index in [-0.39, 0.29) is 30.7 Å². The van der Waals surface area contributed by atoms with E-state index >= 15 is 0 Å². The van der Waals surface area contributed by atoms with Crippen molar-refractivity contribution in [2.45, 2.75) is 51.5 Å². The second kappa shape index (κ2) is 9.93. The molecule has 32 heavy (non-hydrogen) atoms. The third-order valence-corrected chi connectivity index (χ3v) is 5.17. The molecule has 2 amide bonds. The van der Waals surface area contributed by atoms with Crippen molar-refractivity contribution in [2.24, 2.45) is 0 Å². The maximum Gasteiger partial charge on any atom is 0.416 e. The van der Waals surface area contributed by atoms with Crippen LogP contribution in [0.4, 0.5) is 28.4 Å². The Morgan fingerprint density at radius 3 is 2.62 bits per heavy atom. The smallest absolute Gasteiger partial charge is 0.416 e. The maximum atomic E-state index is 13.5. The number of halogens is 3. The molecule has 1 aliphatic rings. The van der Waals surface area contributed by atoms with Gasteiger partial charge >= 0.3 is 18.4 Å². The number of amides is 2. The van der Waals surface area contributed by atoms with Crippen molar-refractivity contribution >= 4 is 17.9 Å². The van der Waals surface area contributed by atoms with Gasteiger partial charge in [-0.1, -0.05) is 37.3 Å². The highest BCUT2D eigenvalue weighted by Crippen LogP contribution is 2.42. The average molecular weight is 455 g/mol. The van der Waals surface area contributed by atoms with Crippen molar-refractivity contribution < 1.29 is 39.1 Å². The number of benzene rings is 2. The third kappa shape index (κ3) is 5.33. The van der Waals surface area contributed by atoms with E-state index in [1.165, 1.54) is 0 Å². The number of alkyl halides is 3. The summed E-state index contributed by atoms with van der Waals surface area (Å²) >= 11 is 0. The molecule has 0 aliphatic carbocycles. The second-order valence-electron chi connectivity index (χ2n) is 7.17. The molecule has 2 aromatic rings. The molecule has 0 saturated heterocycles. The van der Waals surface area contributed by atoms with Crippen molar-refractivity contribution in [3.8, 4) is 0 Å². The van der Waals surface area contributed by atoms with E-state index in [0.29, 0.717) is 5.56 Å². The molecule has 9 heteroatoms. The van der Waals surface area contributed by atoms with E-state index < -0.39 is 49.4 Å². The Balaban J connectivity index is 1.93. The minimum Gasteiger partial charge on any atom is -0.449 e. The van der Waals surface area contributed by atoms with Crippen LogP contribution in [0, 0.1) is 0 Å². The van der Waals surface area contributed by atoms with Crippen LogP contribution in [0.25, 0.3) is 0 Å². The second-order valence-corrected chi connectivity index (χ2v) is 7.17. The van der Waals surface area contributed by atoms with Crippen molar-refractivity contribution in [3.63, 3.8) is 0 Å². The Morgan fingerprint density at radius 2 is 1.97 bits per heavy atom. The summed E-state index contributed by atoms with van der Waals surface area (Å²) in [6, 6.07) is 9.52. The van der Waals surface area contributed by atoms with Crippen molar-refractivity contribution in [1.29, 1.82) is 0 Å². The summed E-state index contributed by atoms with van der Waals surface area (Å²) in [5.41, 5.74) is -0.491. The minimum atomic E-state index is -4.72. The van der Waals surface area contributed by atoms with Crippen LogP contribution in [-0.4, -0.2) is 24.8 Å².